The van der Waals surface area contributed by atoms with Gasteiger partial charge in [0.2, 0.25) is 0 Å². The van der Waals surface area contributed by atoms with Gasteiger partial charge >= 0.3 is 0 Å². The minimum absolute atomic E-state index is 0.116. The van der Waals surface area contributed by atoms with E-state index in [4.69, 9.17) is 0 Å². The van der Waals surface area contributed by atoms with E-state index in [1.807, 2.05) is 0 Å². The molecule has 0 amide bonds. The van der Waals surface area contributed by atoms with Gasteiger partial charge in [0.05, 0.1) is 6.10 Å². The fraction of sp³-hybridized carbons (Fsp3) is 0.500. The highest BCUT2D eigenvalue weighted by atomic mass is 32.2. The molecule has 0 aliphatic heterocycles. The molecule has 1 fully saturated rings. The monoisotopic (exact) mass is 208 g/mol. The van der Waals surface area contributed by atoms with Crippen LogP contribution in [0, 0.1) is 0 Å². The molecule has 0 spiro atoms. The number of benzene rings is 1. The number of thioether (sulfide) groups is 1. The van der Waals surface area contributed by atoms with Gasteiger partial charge in [-0.05, 0) is 36.8 Å². The second-order valence-corrected chi connectivity index (χ2v) is 4.76. The maximum atomic E-state index is 9.76. The third-order valence-corrected chi connectivity index (χ3v) is 3.77. The van der Waals surface area contributed by atoms with Crippen LogP contribution in [0.5, 0.6) is 0 Å². The van der Waals surface area contributed by atoms with E-state index in [1.165, 1.54) is 10.5 Å². The van der Waals surface area contributed by atoms with Gasteiger partial charge < -0.3 is 5.11 Å². The summed E-state index contributed by atoms with van der Waals surface area (Å²) >= 11 is 1.76. The average molecular weight is 208 g/mol. The predicted molar refractivity (Wildman–Crippen MR) is 60.8 cm³/mol. The SMILES string of the molecule is CSc1ccc([C@H]2CCC[C@@H]2O)cc1. The van der Waals surface area contributed by atoms with Crippen LogP contribution in [0.4, 0.5) is 0 Å². The van der Waals surface area contributed by atoms with Crippen LogP contribution in [0.2, 0.25) is 0 Å². The molecular formula is C12H16OS. The Kier molecular flexibility index (Phi) is 3.14. The summed E-state index contributed by atoms with van der Waals surface area (Å²) in [5.41, 5.74) is 1.30. The molecule has 1 aromatic carbocycles. The Morgan fingerprint density at radius 3 is 2.43 bits per heavy atom. The number of hydrogen-bond acceptors (Lipinski definition) is 2. The highest BCUT2D eigenvalue weighted by molar-refractivity contribution is 7.98. The standard InChI is InChI=1S/C12H16OS/c1-14-10-7-5-9(6-8-10)11-3-2-4-12(11)13/h5-8,11-13H,2-4H2,1H3/t11-,12+/m1/s1. The molecule has 14 heavy (non-hydrogen) atoms. The van der Waals surface area contributed by atoms with Crippen LogP contribution in [0.1, 0.15) is 30.7 Å². The molecule has 1 aliphatic rings. The Morgan fingerprint density at radius 1 is 1.21 bits per heavy atom. The highest BCUT2D eigenvalue weighted by Crippen LogP contribution is 2.34. The highest BCUT2D eigenvalue weighted by Gasteiger charge is 2.26. The normalized spacial score (nSPS) is 26.7. The summed E-state index contributed by atoms with van der Waals surface area (Å²) in [6.07, 6.45) is 5.24. The minimum Gasteiger partial charge on any atom is -0.392 e. The van der Waals surface area contributed by atoms with Gasteiger partial charge in [0.1, 0.15) is 0 Å². The zero-order valence-electron chi connectivity index (χ0n) is 8.44. The molecule has 2 heteroatoms. The lowest BCUT2D eigenvalue weighted by Gasteiger charge is -2.14. The van der Waals surface area contributed by atoms with Crippen molar-refractivity contribution in [3.63, 3.8) is 0 Å². The first-order valence-corrected chi connectivity index (χ1v) is 6.36. The van der Waals surface area contributed by atoms with Gasteiger partial charge in [0.25, 0.3) is 0 Å². The van der Waals surface area contributed by atoms with Crippen molar-refractivity contribution in [3.8, 4) is 0 Å². The van der Waals surface area contributed by atoms with E-state index in [0.29, 0.717) is 5.92 Å². The van der Waals surface area contributed by atoms with Crippen LogP contribution >= 0.6 is 11.8 Å². The molecule has 0 heterocycles. The summed E-state index contributed by atoms with van der Waals surface area (Å²) in [4.78, 5) is 1.29. The van der Waals surface area contributed by atoms with Crippen molar-refractivity contribution >= 4 is 11.8 Å². The molecule has 0 aromatic heterocycles. The van der Waals surface area contributed by atoms with Crippen LogP contribution < -0.4 is 0 Å². The van der Waals surface area contributed by atoms with Crippen molar-refractivity contribution in [2.75, 3.05) is 6.26 Å². The lowest BCUT2D eigenvalue weighted by atomic mass is 9.96. The number of rotatable bonds is 2. The molecule has 1 N–H and O–H groups in total. The van der Waals surface area contributed by atoms with Gasteiger partial charge in [0.15, 0.2) is 0 Å². The Morgan fingerprint density at radius 2 is 1.93 bits per heavy atom. The topological polar surface area (TPSA) is 20.2 Å². The van der Waals surface area contributed by atoms with Gasteiger partial charge in [-0.15, -0.1) is 11.8 Å². The lowest BCUT2D eigenvalue weighted by molar-refractivity contribution is 0.164. The van der Waals surface area contributed by atoms with Crippen molar-refractivity contribution in [2.24, 2.45) is 0 Å². The average Bonchev–Trinajstić information content (AvgIpc) is 2.65. The van der Waals surface area contributed by atoms with Crippen molar-refractivity contribution in [1.82, 2.24) is 0 Å². The van der Waals surface area contributed by atoms with Gasteiger partial charge in [-0.1, -0.05) is 18.6 Å². The molecule has 1 aromatic rings. The third-order valence-electron chi connectivity index (χ3n) is 3.02. The van der Waals surface area contributed by atoms with Crippen LogP contribution in [0.25, 0.3) is 0 Å². The first-order valence-electron chi connectivity index (χ1n) is 5.13. The van der Waals surface area contributed by atoms with Gasteiger partial charge in [-0.2, -0.15) is 0 Å². The zero-order valence-corrected chi connectivity index (χ0v) is 9.26. The first-order chi connectivity index (χ1) is 6.81. The summed E-state index contributed by atoms with van der Waals surface area (Å²) in [6, 6.07) is 8.60. The van der Waals surface area contributed by atoms with Crippen LogP contribution in [0.3, 0.4) is 0 Å². The second-order valence-electron chi connectivity index (χ2n) is 3.88. The summed E-state index contributed by atoms with van der Waals surface area (Å²) < 4.78 is 0. The molecule has 76 valence electrons. The van der Waals surface area contributed by atoms with Gasteiger partial charge in [0, 0.05) is 10.8 Å². The molecule has 1 aliphatic carbocycles. The van der Waals surface area contributed by atoms with Crippen molar-refractivity contribution in [2.45, 2.75) is 36.2 Å². The molecule has 1 saturated carbocycles. The largest absolute Gasteiger partial charge is 0.392 e. The van der Waals surface area contributed by atoms with Crippen molar-refractivity contribution in [3.05, 3.63) is 29.8 Å². The maximum Gasteiger partial charge on any atom is 0.0608 e. The van der Waals surface area contributed by atoms with E-state index in [9.17, 15) is 5.11 Å². The lowest BCUT2D eigenvalue weighted by Crippen LogP contribution is -2.10. The van der Waals surface area contributed by atoms with E-state index in [2.05, 4.69) is 30.5 Å². The van der Waals surface area contributed by atoms with Gasteiger partial charge in [-0.3, -0.25) is 0 Å². The predicted octanol–water partition coefficient (Wildman–Crippen LogP) is 3.04. The van der Waals surface area contributed by atoms with Crippen molar-refractivity contribution in [1.29, 1.82) is 0 Å². The Balaban J connectivity index is 2.16. The van der Waals surface area contributed by atoms with E-state index >= 15 is 0 Å². The molecule has 2 rings (SSSR count). The Hall–Kier alpha value is -0.470. The van der Waals surface area contributed by atoms with Crippen LogP contribution in [-0.4, -0.2) is 17.5 Å². The summed E-state index contributed by atoms with van der Waals surface area (Å²) in [7, 11) is 0. The summed E-state index contributed by atoms with van der Waals surface area (Å²) in [5, 5.41) is 9.76. The summed E-state index contributed by atoms with van der Waals surface area (Å²) in [5.74, 6) is 0.380. The fourth-order valence-electron chi connectivity index (χ4n) is 2.18. The third kappa shape index (κ3) is 1.96. The zero-order chi connectivity index (χ0) is 9.97. The Bertz CT molecular complexity index is 294. The smallest absolute Gasteiger partial charge is 0.0608 e. The quantitative estimate of drug-likeness (QED) is 0.754. The van der Waals surface area contributed by atoms with Crippen LogP contribution in [0.15, 0.2) is 29.2 Å². The molecule has 0 unspecified atom stereocenters. The van der Waals surface area contributed by atoms with Crippen molar-refractivity contribution < 1.29 is 5.11 Å². The Labute approximate surface area is 89.5 Å². The first kappa shape index (κ1) is 10.1. The molecule has 0 bridgehead atoms. The van der Waals surface area contributed by atoms with E-state index in [1.54, 1.807) is 11.8 Å². The fourth-order valence-corrected chi connectivity index (χ4v) is 2.59. The molecule has 1 nitrogen and oxygen atoms in total. The second kappa shape index (κ2) is 4.37. The molecule has 0 saturated heterocycles. The number of aliphatic hydroxyl groups excluding tert-OH is 1. The van der Waals surface area contributed by atoms with E-state index in [-0.39, 0.29) is 6.10 Å². The number of hydrogen-bond donors (Lipinski definition) is 1. The molecule has 2 atom stereocenters. The summed E-state index contributed by atoms with van der Waals surface area (Å²) in [6.45, 7) is 0. The molecule has 0 radical (unpaired) electrons. The minimum atomic E-state index is -0.116. The van der Waals surface area contributed by atoms with Crippen LogP contribution in [-0.2, 0) is 0 Å². The molecular weight excluding hydrogens is 192 g/mol. The van der Waals surface area contributed by atoms with E-state index < -0.39 is 0 Å². The van der Waals surface area contributed by atoms with E-state index in [0.717, 1.165) is 19.3 Å². The maximum absolute atomic E-state index is 9.76. The number of aliphatic hydroxyl groups is 1. The van der Waals surface area contributed by atoms with Gasteiger partial charge in [-0.25, -0.2) is 0 Å².